The second kappa shape index (κ2) is 16.0. The van der Waals surface area contributed by atoms with Gasteiger partial charge in [0.25, 0.3) is 0 Å². The quantitative estimate of drug-likeness (QED) is 0.173. The Morgan fingerprint density at radius 1 is 1.24 bits per heavy atom. The molecule has 2 N–H and O–H groups in total. The molecule has 1 saturated heterocycles. The number of rotatable bonds is 12. The zero-order valence-electron chi connectivity index (χ0n) is 20.9. The fourth-order valence-electron chi connectivity index (χ4n) is 3.86. The third-order valence-corrected chi connectivity index (χ3v) is 5.74. The first-order valence-electron chi connectivity index (χ1n) is 11.7. The molecule has 1 amide bonds. The van der Waals surface area contributed by atoms with Crippen molar-refractivity contribution >= 4 is 35.8 Å². The standard InChI is InChI=1S/C24H41N5O3.HI/c1-6-29-15-9-11-20(29)17-26-24(27-18-23(30)28(3)4)25-14-8-10-19-12-13-21(31-5)22(16-19)32-7-2;/h12-13,16,20H,6-11,14-15,17-18H2,1-5H3,(H2,25,26,27);1H. The molecule has 0 radical (unpaired) electrons. The average Bonchev–Trinajstić information content (AvgIpc) is 3.25. The summed E-state index contributed by atoms with van der Waals surface area (Å²) in [5, 5.41) is 6.85. The lowest BCUT2D eigenvalue weighted by Crippen LogP contribution is -2.45. The van der Waals surface area contributed by atoms with E-state index in [2.05, 4.69) is 33.5 Å². The van der Waals surface area contributed by atoms with Crippen LogP contribution in [-0.2, 0) is 11.2 Å². The highest BCUT2D eigenvalue weighted by Gasteiger charge is 2.22. The van der Waals surface area contributed by atoms with Crippen LogP contribution in [0.4, 0.5) is 0 Å². The number of amides is 1. The van der Waals surface area contributed by atoms with Crippen molar-refractivity contribution in [2.45, 2.75) is 45.6 Å². The number of benzene rings is 1. The van der Waals surface area contributed by atoms with Crippen LogP contribution < -0.4 is 20.1 Å². The summed E-state index contributed by atoms with van der Waals surface area (Å²) in [7, 11) is 5.16. The van der Waals surface area contributed by atoms with E-state index in [1.165, 1.54) is 18.4 Å². The fourth-order valence-corrected chi connectivity index (χ4v) is 3.86. The van der Waals surface area contributed by atoms with Crippen LogP contribution in [-0.4, -0.2) is 88.2 Å². The number of nitrogens with one attached hydrogen (secondary N) is 2. The Kier molecular flexibility index (Phi) is 14.2. The molecule has 1 aromatic rings. The van der Waals surface area contributed by atoms with Crippen LogP contribution >= 0.6 is 24.0 Å². The third-order valence-electron chi connectivity index (χ3n) is 5.74. The molecule has 1 aliphatic rings. The van der Waals surface area contributed by atoms with Gasteiger partial charge >= 0.3 is 0 Å². The van der Waals surface area contributed by atoms with Crippen molar-refractivity contribution in [2.75, 3.05) is 60.5 Å². The van der Waals surface area contributed by atoms with Gasteiger partial charge in [-0.1, -0.05) is 13.0 Å². The van der Waals surface area contributed by atoms with Gasteiger partial charge in [-0.05, 0) is 63.4 Å². The van der Waals surface area contributed by atoms with Crippen LogP contribution in [0.3, 0.4) is 0 Å². The highest BCUT2D eigenvalue weighted by molar-refractivity contribution is 14.0. The Bertz CT molecular complexity index is 745. The molecule has 188 valence electrons. The lowest BCUT2D eigenvalue weighted by Gasteiger charge is -2.24. The van der Waals surface area contributed by atoms with Crippen LogP contribution in [0.25, 0.3) is 0 Å². The van der Waals surface area contributed by atoms with E-state index in [1.54, 1.807) is 26.1 Å². The van der Waals surface area contributed by atoms with Gasteiger partial charge in [0.2, 0.25) is 5.91 Å². The zero-order valence-corrected chi connectivity index (χ0v) is 23.2. The summed E-state index contributed by atoms with van der Waals surface area (Å²) < 4.78 is 11.0. The number of hydrogen-bond donors (Lipinski definition) is 2. The minimum absolute atomic E-state index is 0. The molecule has 1 unspecified atom stereocenters. The van der Waals surface area contributed by atoms with Gasteiger partial charge in [0.15, 0.2) is 17.5 Å². The first-order chi connectivity index (χ1) is 15.5. The molecule has 0 spiro atoms. The number of carbonyl (C=O) groups excluding carboxylic acids is 1. The third kappa shape index (κ3) is 9.95. The van der Waals surface area contributed by atoms with E-state index in [0.29, 0.717) is 18.6 Å². The van der Waals surface area contributed by atoms with E-state index < -0.39 is 0 Å². The molecule has 9 heteroatoms. The van der Waals surface area contributed by atoms with Crippen molar-refractivity contribution in [3.63, 3.8) is 0 Å². The van der Waals surface area contributed by atoms with Crippen LogP contribution in [0.1, 0.15) is 38.7 Å². The molecule has 33 heavy (non-hydrogen) atoms. The van der Waals surface area contributed by atoms with Gasteiger partial charge in [0.1, 0.15) is 6.54 Å². The van der Waals surface area contributed by atoms with Gasteiger partial charge in [-0.15, -0.1) is 24.0 Å². The molecule has 1 aromatic carbocycles. The lowest BCUT2D eigenvalue weighted by atomic mass is 10.1. The topological polar surface area (TPSA) is 78.4 Å². The number of aliphatic imine (C=N–C) groups is 1. The number of halogens is 1. The molecule has 0 aromatic heterocycles. The number of carbonyl (C=O) groups is 1. The van der Waals surface area contributed by atoms with Gasteiger partial charge in [-0.3, -0.25) is 9.69 Å². The highest BCUT2D eigenvalue weighted by Crippen LogP contribution is 2.28. The van der Waals surface area contributed by atoms with Crippen molar-refractivity contribution in [3.05, 3.63) is 23.8 Å². The normalized spacial score (nSPS) is 16.2. The largest absolute Gasteiger partial charge is 0.493 e. The second-order valence-corrected chi connectivity index (χ2v) is 8.21. The van der Waals surface area contributed by atoms with E-state index in [4.69, 9.17) is 9.47 Å². The molecule has 1 atom stereocenters. The van der Waals surface area contributed by atoms with Gasteiger partial charge in [0.05, 0.1) is 13.7 Å². The zero-order chi connectivity index (χ0) is 23.3. The van der Waals surface area contributed by atoms with Crippen molar-refractivity contribution in [1.29, 1.82) is 0 Å². The van der Waals surface area contributed by atoms with Gasteiger partial charge < -0.3 is 25.0 Å². The minimum Gasteiger partial charge on any atom is -0.493 e. The summed E-state index contributed by atoms with van der Waals surface area (Å²) in [4.78, 5) is 20.6. The Hall–Kier alpha value is -1.75. The number of aryl methyl sites for hydroxylation is 1. The number of nitrogens with zero attached hydrogens (tertiary/aromatic N) is 3. The molecular formula is C24H42IN5O3. The summed E-state index contributed by atoms with van der Waals surface area (Å²) >= 11 is 0. The summed E-state index contributed by atoms with van der Waals surface area (Å²) in [6.07, 6.45) is 4.28. The SMILES string of the molecule is CCOc1cc(CCCNC(=NCC(=O)N(C)C)NCC2CCCN2CC)ccc1OC.I. The molecule has 8 nitrogen and oxygen atoms in total. The average molecular weight is 576 g/mol. The fraction of sp³-hybridized carbons (Fsp3) is 0.667. The van der Waals surface area contributed by atoms with Crippen LogP contribution in [0.15, 0.2) is 23.2 Å². The number of ether oxygens (including phenoxy) is 2. The van der Waals surface area contributed by atoms with Gasteiger partial charge in [-0.2, -0.15) is 0 Å². The monoisotopic (exact) mass is 575 g/mol. The summed E-state index contributed by atoms with van der Waals surface area (Å²) in [5.41, 5.74) is 1.20. The maximum atomic E-state index is 12.0. The van der Waals surface area contributed by atoms with E-state index in [9.17, 15) is 4.79 Å². The molecule has 0 bridgehead atoms. The maximum absolute atomic E-state index is 12.0. The van der Waals surface area contributed by atoms with Gasteiger partial charge in [-0.25, -0.2) is 4.99 Å². The first-order valence-corrected chi connectivity index (χ1v) is 11.7. The molecule has 0 aliphatic carbocycles. The van der Waals surface area contributed by atoms with Crippen molar-refractivity contribution in [3.8, 4) is 11.5 Å². The summed E-state index contributed by atoms with van der Waals surface area (Å²) in [6.45, 7) is 8.75. The van der Waals surface area contributed by atoms with Gasteiger partial charge in [0, 0.05) is 33.2 Å². The van der Waals surface area contributed by atoms with Crippen molar-refractivity contribution in [1.82, 2.24) is 20.4 Å². The predicted octanol–water partition coefficient (Wildman–Crippen LogP) is 2.75. The molecule has 0 saturated carbocycles. The van der Waals surface area contributed by atoms with E-state index in [0.717, 1.165) is 50.5 Å². The Balaban J connectivity index is 0.00000544. The van der Waals surface area contributed by atoms with E-state index >= 15 is 0 Å². The highest BCUT2D eigenvalue weighted by atomic mass is 127. The Labute approximate surface area is 216 Å². The molecule has 1 fully saturated rings. The molecule has 1 heterocycles. The number of likely N-dealkylation sites (tertiary alicyclic amines) is 1. The maximum Gasteiger partial charge on any atom is 0.243 e. The second-order valence-electron chi connectivity index (χ2n) is 8.21. The number of methoxy groups -OCH3 is 1. The number of hydrogen-bond acceptors (Lipinski definition) is 5. The van der Waals surface area contributed by atoms with Crippen LogP contribution in [0.5, 0.6) is 11.5 Å². The van der Waals surface area contributed by atoms with E-state index in [-0.39, 0.29) is 36.4 Å². The van der Waals surface area contributed by atoms with Crippen molar-refractivity contribution in [2.24, 2.45) is 4.99 Å². The lowest BCUT2D eigenvalue weighted by molar-refractivity contribution is -0.127. The smallest absolute Gasteiger partial charge is 0.243 e. The molecule has 2 rings (SSSR count). The molecular weight excluding hydrogens is 533 g/mol. The number of guanidine groups is 1. The summed E-state index contributed by atoms with van der Waals surface area (Å²) in [6, 6.07) is 6.60. The Morgan fingerprint density at radius 3 is 2.70 bits per heavy atom. The van der Waals surface area contributed by atoms with Crippen molar-refractivity contribution < 1.29 is 14.3 Å². The van der Waals surface area contributed by atoms with E-state index in [1.807, 2.05) is 19.1 Å². The predicted molar refractivity (Wildman–Crippen MR) is 145 cm³/mol. The molecule has 1 aliphatic heterocycles. The van der Waals surface area contributed by atoms with Crippen LogP contribution in [0.2, 0.25) is 0 Å². The minimum atomic E-state index is -0.0103. The van der Waals surface area contributed by atoms with Crippen LogP contribution in [0, 0.1) is 0 Å². The first kappa shape index (κ1) is 29.3. The number of likely N-dealkylation sites (N-methyl/N-ethyl adjacent to an activating group) is 2. The summed E-state index contributed by atoms with van der Waals surface area (Å²) in [5.74, 6) is 2.23. The Morgan fingerprint density at radius 2 is 2.03 bits per heavy atom.